The Balaban J connectivity index is 2.19. The lowest BCUT2D eigenvalue weighted by atomic mass is 10.1. The summed E-state index contributed by atoms with van der Waals surface area (Å²) in [5.41, 5.74) is 7.11. The van der Waals surface area contributed by atoms with Gasteiger partial charge in [-0.3, -0.25) is 28.0 Å². The highest BCUT2D eigenvalue weighted by atomic mass is 31.3. The predicted octanol–water partition coefficient (Wildman–Crippen LogP) is 1.84. The first-order chi connectivity index (χ1) is 14.9. The number of aromatic amines is 1. The highest BCUT2D eigenvalue weighted by Gasteiger charge is 2.67. The molecule has 2 rings (SSSR count). The maximum absolute atomic E-state index is 14.0. The molecule has 1 saturated heterocycles. The maximum atomic E-state index is 14.0. The molecule has 0 aromatic carbocycles. The summed E-state index contributed by atoms with van der Waals surface area (Å²) in [6, 6.07) is -1.23. The summed E-state index contributed by atoms with van der Waals surface area (Å²) in [4.78, 5) is 53.9. The van der Waals surface area contributed by atoms with E-state index in [0.717, 1.165) is 10.8 Å². The molecule has 2 unspecified atom stereocenters. The smallest absolute Gasteiger partial charge is 0.352 e. The van der Waals surface area contributed by atoms with E-state index in [1.165, 1.54) is 6.92 Å². The van der Waals surface area contributed by atoms with Gasteiger partial charge in [0.2, 0.25) is 0 Å². The Morgan fingerprint density at radius 3 is 2.52 bits per heavy atom. The molecule has 4 N–H and O–H groups in total. The van der Waals surface area contributed by atoms with Crippen LogP contribution in [0.4, 0.5) is 13.0 Å². The SMILES string of the molecule is Cc1cn([C@H]2C[C@@H](N=[N+]=[N-])[C@@H](COP(=O)(F)OP(=O)(O)C(F)(F)P(=O)(O)O)O2)c(=O)[nH]c1=O. The second-order valence-corrected chi connectivity index (χ2v) is 11.9. The van der Waals surface area contributed by atoms with E-state index in [0.29, 0.717) is 0 Å². The number of nitrogens with zero attached hydrogens (tertiary/aromatic N) is 4. The van der Waals surface area contributed by atoms with E-state index < -0.39 is 64.7 Å². The Morgan fingerprint density at radius 2 is 1.97 bits per heavy atom. The molecule has 1 fully saturated rings. The lowest BCUT2D eigenvalue weighted by molar-refractivity contribution is -0.0255. The minimum Gasteiger partial charge on any atom is -0.352 e. The van der Waals surface area contributed by atoms with E-state index in [1.54, 1.807) is 0 Å². The van der Waals surface area contributed by atoms with Crippen LogP contribution in [0, 0.1) is 6.92 Å². The first-order valence-electron chi connectivity index (χ1n) is 8.35. The molecule has 22 heteroatoms. The molecule has 33 heavy (non-hydrogen) atoms. The molecule has 1 aliphatic rings. The van der Waals surface area contributed by atoms with E-state index in [2.05, 4.69) is 18.9 Å². The van der Waals surface area contributed by atoms with Crippen LogP contribution in [0.25, 0.3) is 10.4 Å². The number of alkyl halides is 2. The van der Waals surface area contributed by atoms with Gasteiger partial charge in [-0.25, -0.2) is 9.36 Å². The Labute approximate surface area is 180 Å². The number of nitrogens with one attached hydrogen (secondary N) is 1. The Bertz CT molecular complexity index is 1220. The average Bonchev–Trinajstić information content (AvgIpc) is 3.04. The molecule has 0 spiro atoms. The van der Waals surface area contributed by atoms with E-state index in [4.69, 9.17) is 24.9 Å². The Kier molecular flexibility index (Phi) is 7.88. The summed E-state index contributed by atoms with van der Waals surface area (Å²) in [6.45, 7) is 0.152. The van der Waals surface area contributed by atoms with Gasteiger partial charge in [0.05, 0.1) is 18.8 Å². The average molecular weight is 543 g/mol. The van der Waals surface area contributed by atoms with Gasteiger partial charge < -0.3 is 19.4 Å². The number of aryl methyl sites for hydroxylation is 1. The van der Waals surface area contributed by atoms with Crippen molar-refractivity contribution in [2.45, 2.75) is 37.1 Å². The molecule has 0 radical (unpaired) electrons. The number of rotatable bonds is 9. The fourth-order valence-corrected chi connectivity index (χ4v) is 6.17. The lowest BCUT2D eigenvalue weighted by Gasteiger charge is -2.23. The minimum atomic E-state index is -6.87. The first-order valence-corrected chi connectivity index (χ1v) is 13.0. The molecule has 0 aliphatic carbocycles. The molecule has 5 atom stereocenters. The molecule has 1 aliphatic heterocycles. The fourth-order valence-electron chi connectivity index (χ4n) is 2.56. The monoisotopic (exact) mass is 543 g/mol. The molecule has 2 heterocycles. The lowest BCUT2D eigenvalue weighted by Crippen LogP contribution is -2.33. The van der Waals surface area contributed by atoms with Gasteiger partial charge in [-0.05, 0) is 12.5 Å². The molecule has 0 amide bonds. The van der Waals surface area contributed by atoms with Crippen LogP contribution in [0.1, 0.15) is 18.2 Å². The highest BCUT2D eigenvalue weighted by Crippen LogP contribution is 2.78. The highest BCUT2D eigenvalue weighted by molar-refractivity contribution is 7.75. The van der Waals surface area contributed by atoms with Crippen LogP contribution >= 0.6 is 23.1 Å². The van der Waals surface area contributed by atoms with Gasteiger partial charge in [0, 0.05) is 23.1 Å². The Hall–Kier alpha value is -1.77. The van der Waals surface area contributed by atoms with E-state index >= 15 is 0 Å². The standard InChI is InChI=1S/C11H15F3N5O11P3/c1-5-3-19(10(21)16-9(5)20)8-2-6(17-18-15)7(29-8)4-28-33(14,27)30-32(25,26)11(12,13)31(22,23)24/h3,6-8H,2,4H2,1H3,(H,25,26)(H,16,20,21)(H2,22,23,24)/t6-,7-,8-,33?/m1/s1. The topological polar surface area (TPSA) is 243 Å². The molecular formula is C11H15F3N5O11P3. The van der Waals surface area contributed by atoms with Crippen LogP contribution in [0.5, 0.6) is 0 Å². The zero-order chi connectivity index (χ0) is 25.4. The van der Waals surface area contributed by atoms with Crippen molar-refractivity contribution in [1.29, 1.82) is 0 Å². The van der Waals surface area contributed by atoms with Crippen molar-refractivity contribution in [3.05, 3.63) is 43.0 Å². The molecular weight excluding hydrogens is 528 g/mol. The normalized spacial score (nSPS) is 25.1. The second-order valence-electron chi connectivity index (χ2n) is 6.50. The Morgan fingerprint density at radius 1 is 1.36 bits per heavy atom. The van der Waals surface area contributed by atoms with Crippen molar-refractivity contribution >= 4 is 23.1 Å². The van der Waals surface area contributed by atoms with Gasteiger partial charge in [-0.1, -0.05) is 5.11 Å². The van der Waals surface area contributed by atoms with Crippen molar-refractivity contribution in [2.24, 2.45) is 5.11 Å². The van der Waals surface area contributed by atoms with Gasteiger partial charge in [0.15, 0.2) is 0 Å². The number of hydrogen-bond acceptors (Lipinski definition) is 9. The van der Waals surface area contributed by atoms with Gasteiger partial charge in [-0.2, -0.15) is 13.1 Å². The van der Waals surface area contributed by atoms with Crippen molar-refractivity contribution in [2.75, 3.05) is 6.61 Å². The van der Waals surface area contributed by atoms with Crippen LogP contribution in [0.3, 0.4) is 0 Å². The largest absolute Gasteiger partial charge is 0.520 e. The third-order valence-corrected chi connectivity index (χ3v) is 9.20. The first kappa shape index (κ1) is 27.5. The number of ether oxygens (including phenoxy) is 1. The zero-order valence-corrected chi connectivity index (χ0v) is 18.8. The minimum absolute atomic E-state index is 0.0876. The fraction of sp³-hybridized carbons (Fsp3) is 0.636. The summed E-state index contributed by atoms with van der Waals surface area (Å²) in [5, 5.41) is -2.50. The molecule has 186 valence electrons. The van der Waals surface area contributed by atoms with Crippen LogP contribution in [0.2, 0.25) is 0 Å². The van der Waals surface area contributed by atoms with Crippen LogP contribution in [-0.4, -0.2) is 48.4 Å². The van der Waals surface area contributed by atoms with E-state index in [-0.39, 0.29) is 12.0 Å². The predicted molar refractivity (Wildman–Crippen MR) is 100 cm³/mol. The van der Waals surface area contributed by atoms with Crippen molar-refractivity contribution in [3.8, 4) is 0 Å². The summed E-state index contributed by atoms with van der Waals surface area (Å²) in [6.07, 6.45) is -1.88. The molecule has 0 saturated carbocycles. The molecule has 16 nitrogen and oxygen atoms in total. The van der Waals surface area contributed by atoms with Gasteiger partial charge >= 0.3 is 34.2 Å². The van der Waals surface area contributed by atoms with Crippen LogP contribution in [-0.2, 0) is 27.3 Å². The molecule has 1 aromatic rings. The third-order valence-electron chi connectivity index (χ3n) is 4.15. The summed E-state index contributed by atoms with van der Waals surface area (Å²) in [7, 11) is -19.9. The van der Waals surface area contributed by atoms with Crippen molar-refractivity contribution in [3.63, 3.8) is 0 Å². The van der Waals surface area contributed by atoms with E-state index in [1.807, 2.05) is 4.98 Å². The zero-order valence-electron chi connectivity index (χ0n) is 16.1. The third kappa shape index (κ3) is 6.03. The van der Waals surface area contributed by atoms with Crippen molar-refractivity contribution < 1.29 is 54.9 Å². The quantitative estimate of drug-likeness (QED) is 0.151. The van der Waals surface area contributed by atoms with Gasteiger partial charge in [-0.15, -0.1) is 4.20 Å². The van der Waals surface area contributed by atoms with Gasteiger partial charge in [0.1, 0.15) is 6.23 Å². The number of azide groups is 1. The van der Waals surface area contributed by atoms with E-state index in [9.17, 15) is 36.3 Å². The molecule has 1 aromatic heterocycles. The van der Waals surface area contributed by atoms with Gasteiger partial charge in [0.25, 0.3) is 5.56 Å². The number of aromatic nitrogens is 2. The number of halogens is 3. The second kappa shape index (κ2) is 9.47. The summed E-state index contributed by atoms with van der Waals surface area (Å²) >= 11 is 0. The summed E-state index contributed by atoms with van der Waals surface area (Å²) in [5.74, 6) is 0. The summed E-state index contributed by atoms with van der Waals surface area (Å²) < 4.78 is 88.0. The van der Waals surface area contributed by atoms with Crippen LogP contribution < -0.4 is 11.2 Å². The maximum Gasteiger partial charge on any atom is 0.520 e. The number of H-pyrrole nitrogens is 1. The molecule has 0 bridgehead atoms. The number of hydrogen-bond donors (Lipinski definition) is 4. The van der Waals surface area contributed by atoms with Crippen LogP contribution in [0.15, 0.2) is 20.9 Å². The van der Waals surface area contributed by atoms with Crippen molar-refractivity contribution in [1.82, 2.24) is 9.55 Å².